The van der Waals surface area contributed by atoms with Gasteiger partial charge in [0.15, 0.2) is 15.0 Å². The van der Waals surface area contributed by atoms with E-state index in [1.807, 2.05) is 25.1 Å². The van der Waals surface area contributed by atoms with Crippen LogP contribution in [-0.2, 0) is 21.1 Å². The molecule has 4 rings (SSSR count). The molecule has 0 aliphatic carbocycles. The van der Waals surface area contributed by atoms with Gasteiger partial charge in [-0.25, -0.2) is 17.8 Å². The number of sulfone groups is 1. The van der Waals surface area contributed by atoms with Gasteiger partial charge in [-0.3, -0.25) is 4.79 Å². The summed E-state index contributed by atoms with van der Waals surface area (Å²) in [5.41, 5.74) is 2.79. The Morgan fingerprint density at radius 3 is 2.71 bits per heavy atom. The van der Waals surface area contributed by atoms with E-state index in [1.165, 1.54) is 18.3 Å². The van der Waals surface area contributed by atoms with Gasteiger partial charge in [0.1, 0.15) is 16.8 Å². The molecule has 9 heteroatoms. The van der Waals surface area contributed by atoms with Crippen molar-refractivity contribution >= 4 is 32.2 Å². The predicted octanol–water partition coefficient (Wildman–Crippen LogP) is 4.38. The number of aryl methyl sites for hydroxylation is 2. The molecule has 1 N–H and O–H groups in total. The average molecular weight is 461 g/mol. The molecule has 0 spiro atoms. The molecule has 1 aliphatic heterocycles. The van der Waals surface area contributed by atoms with E-state index in [-0.39, 0.29) is 4.90 Å². The normalized spacial score (nSPS) is 14.4. The molecule has 3 aromatic rings. The third-order valence-electron chi connectivity index (χ3n) is 5.19. The minimum absolute atomic E-state index is 0.108. The lowest BCUT2D eigenvalue weighted by atomic mass is 10.0. The summed E-state index contributed by atoms with van der Waals surface area (Å²) >= 11 is 1.28. The van der Waals surface area contributed by atoms with Gasteiger partial charge in [0.05, 0.1) is 17.2 Å². The standard InChI is InChI=1S/C22H21FN2O4S2/c1-13-20(16-5-10-19-15(12-16)4-3-11-29-19)24-22(30-13)25-21(26)14(2)31(27,28)18-8-6-17(23)7-9-18/h5-10,12,14H,3-4,11H2,1-2H3,(H,24,25,26). The summed E-state index contributed by atoms with van der Waals surface area (Å²) in [5.74, 6) is -0.352. The molecule has 1 atom stereocenters. The highest BCUT2D eigenvalue weighted by molar-refractivity contribution is 7.92. The van der Waals surface area contributed by atoms with E-state index in [0.29, 0.717) is 5.13 Å². The van der Waals surface area contributed by atoms with Gasteiger partial charge in [-0.1, -0.05) is 0 Å². The van der Waals surface area contributed by atoms with Crippen LogP contribution >= 0.6 is 11.3 Å². The Kier molecular flexibility index (Phi) is 5.81. The second kappa shape index (κ2) is 8.39. The topological polar surface area (TPSA) is 85.4 Å². The van der Waals surface area contributed by atoms with Gasteiger partial charge >= 0.3 is 0 Å². The van der Waals surface area contributed by atoms with E-state index in [2.05, 4.69) is 10.3 Å². The number of halogens is 1. The smallest absolute Gasteiger partial charge is 0.244 e. The molecule has 0 saturated heterocycles. The fraction of sp³-hybridized carbons (Fsp3) is 0.273. The van der Waals surface area contributed by atoms with Gasteiger partial charge in [-0.15, -0.1) is 11.3 Å². The Morgan fingerprint density at radius 2 is 1.97 bits per heavy atom. The fourth-order valence-corrected chi connectivity index (χ4v) is 5.50. The molecule has 0 fully saturated rings. The van der Waals surface area contributed by atoms with Crippen LogP contribution in [0.5, 0.6) is 5.75 Å². The summed E-state index contributed by atoms with van der Waals surface area (Å²) < 4.78 is 44.1. The summed E-state index contributed by atoms with van der Waals surface area (Å²) in [4.78, 5) is 17.9. The maximum Gasteiger partial charge on any atom is 0.244 e. The minimum atomic E-state index is -3.96. The van der Waals surface area contributed by atoms with Gasteiger partial charge in [-0.05, 0) is 74.7 Å². The van der Waals surface area contributed by atoms with Gasteiger partial charge in [0.2, 0.25) is 5.91 Å². The molecule has 1 amide bonds. The van der Waals surface area contributed by atoms with Gasteiger partial charge in [-0.2, -0.15) is 0 Å². The lowest BCUT2D eigenvalue weighted by molar-refractivity contribution is -0.115. The molecule has 1 aliphatic rings. The van der Waals surface area contributed by atoms with Crippen LogP contribution in [0.2, 0.25) is 0 Å². The largest absolute Gasteiger partial charge is 0.493 e. The van der Waals surface area contributed by atoms with Crippen LogP contribution in [0, 0.1) is 12.7 Å². The quantitative estimate of drug-likeness (QED) is 0.571. The maximum atomic E-state index is 13.1. The van der Waals surface area contributed by atoms with Crippen LogP contribution < -0.4 is 10.1 Å². The Labute approximate surface area is 184 Å². The highest BCUT2D eigenvalue weighted by Gasteiger charge is 2.30. The van der Waals surface area contributed by atoms with Crippen molar-refractivity contribution in [2.24, 2.45) is 0 Å². The average Bonchev–Trinajstić information content (AvgIpc) is 3.13. The second-order valence-electron chi connectivity index (χ2n) is 7.33. The number of aromatic nitrogens is 1. The zero-order valence-corrected chi connectivity index (χ0v) is 18.6. The van der Waals surface area contributed by atoms with Crippen molar-refractivity contribution < 1.29 is 22.3 Å². The number of nitrogens with zero attached hydrogens (tertiary/aromatic N) is 1. The van der Waals surface area contributed by atoms with Crippen molar-refractivity contribution in [1.29, 1.82) is 0 Å². The molecular formula is C22H21FN2O4S2. The number of nitrogens with one attached hydrogen (secondary N) is 1. The highest BCUT2D eigenvalue weighted by Crippen LogP contribution is 2.34. The molecule has 0 bridgehead atoms. The first kappa shape index (κ1) is 21.5. The van der Waals surface area contributed by atoms with Gasteiger partial charge in [0.25, 0.3) is 0 Å². The summed E-state index contributed by atoms with van der Waals surface area (Å²) in [7, 11) is -3.96. The Balaban J connectivity index is 1.54. The van der Waals surface area contributed by atoms with Crippen LogP contribution in [0.15, 0.2) is 47.4 Å². The molecule has 162 valence electrons. The predicted molar refractivity (Wildman–Crippen MR) is 118 cm³/mol. The third kappa shape index (κ3) is 4.33. The summed E-state index contributed by atoms with van der Waals surface area (Å²) in [6, 6.07) is 10.3. The molecule has 2 heterocycles. The number of benzene rings is 2. The van der Waals surface area contributed by atoms with E-state index >= 15 is 0 Å². The minimum Gasteiger partial charge on any atom is -0.493 e. The number of fused-ring (bicyclic) bond motifs is 1. The van der Waals surface area contributed by atoms with E-state index in [0.717, 1.165) is 71.2 Å². The van der Waals surface area contributed by atoms with Crippen LogP contribution in [0.4, 0.5) is 9.52 Å². The van der Waals surface area contributed by atoms with E-state index < -0.39 is 26.8 Å². The zero-order valence-electron chi connectivity index (χ0n) is 17.0. The number of thiazole rings is 1. The van der Waals surface area contributed by atoms with Crippen molar-refractivity contribution in [2.75, 3.05) is 11.9 Å². The SMILES string of the molecule is Cc1sc(NC(=O)C(C)S(=O)(=O)c2ccc(F)cc2)nc1-c1ccc2c(c1)CCCO2. The van der Waals surface area contributed by atoms with E-state index in [4.69, 9.17) is 4.74 Å². The Hall–Kier alpha value is -2.78. The van der Waals surface area contributed by atoms with Gasteiger partial charge < -0.3 is 10.1 Å². The summed E-state index contributed by atoms with van der Waals surface area (Å²) in [6.45, 7) is 3.92. The first-order chi connectivity index (χ1) is 14.8. The number of anilines is 1. The van der Waals surface area contributed by atoms with Crippen molar-refractivity contribution in [3.05, 3.63) is 58.7 Å². The highest BCUT2D eigenvalue weighted by atomic mass is 32.2. The molecule has 0 radical (unpaired) electrons. The van der Waals surface area contributed by atoms with Crippen LogP contribution in [0.3, 0.4) is 0 Å². The number of rotatable bonds is 5. The number of ether oxygens (including phenoxy) is 1. The van der Waals surface area contributed by atoms with E-state index in [9.17, 15) is 17.6 Å². The molecular weight excluding hydrogens is 439 g/mol. The second-order valence-corrected chi connectivity index (χ2v) is 10.8. The molecule has 1 unspecified atom stereocenters. The number of amides is 1. The molecule has 31 heavy (non-hydrogen) atoms. The molecule has 6 nitrogen and oxygen atoms in total. The molecule has 1 aromatic heterocycles. The molecule has 0 saturated carbocycles. The zero-order chi connectivity index (χ0) is 22.2. The van der Waals surface area contributed by atoms with Crippen LogP contribution in [0.1, 0.15) is 23.8 Å². The summed E-state index contributed by atoms with van der Waals surface area (Å²) in [5, 5.41) is 1.58. The lowest BCUT2D eigenvalue weighted by Crippen LogP contribution is -2.32. The first-order valence-electron chi connectivity index (χ1n) is 9.79. The van der Waals surface area contributed by atoms with Crippen molar-refractivity contribution in [1.82, 2.24) is 4.98 Å². The number of carbonyl (C=O) groups is 1. The van der Waals surface area contributed by atoms with Crippen molar-refractivity contribution in [2.45, 2.75) is 36.8 Å². The maximum absolute atomic E-state index is 13.1. The fourth-order valence-electron chi connectivity index (χ4n) is 3.40. The summed E-state index contributed by atoms with van der Waals surface area (Å²) in [6.07, 6.45) is 1.91. The Morgan fingerprint density at radius 1 is 1.23 bits per heavy atom. The number of carbonyl (C=O) groups excluding carboxylic acids is 1. The Bertz CT molecular complexity index is 1240. The van der Waals surface area contributed by atoms with Crippen molar-refractivity contribution in [3.63, 3.8) is 0 Å². The van der Waals surface area contributed by atoms with Crippen molar-refractivity contribution in [3.8, 4) is 17.0 Å². The van der Waals surface area contributed by atoms with E-state index in [1.54, 1.807) is 0 Å². The number of hydrogen-bond donors (Lipinski definition) is 1. The number of hydrogen-bond acceptors (Lipinski definition) is 6. The van der Waals surface area contributed by atoms with Gasteiger partial charge in [0, 0.05) is 10.4 Å². The first-order valence-corrected chi connectivity index (χ1v) is 12.2. The van der Waals surface area contributed by atoms with Crippen LogP contribution in [0.25, 0.3) is 11.3 Å². The third-order valence-corrected chi connectivity index (χ3v) is 8.15. The van der Waals surface area contributed by atoms with Crippen LogP contribution in [-0.4, -0.2) is 31.2 Å². The lowest BCUT2D eigenvalue weighted by Gasteiger charge is -2.17. The monoisotopic (exact) mass is 460 g/mol. The molecule has 2 aromatic carbocycles.